The summed E-state index contributed by atoms with van der Waals surface area (Å²) in [4.78, 5) is 12.1. The normalized spacial score (nSPS) is 11.9. The summed E-state index contributed by atoms with van der Waals surface area (Å²) in [5, 5.41) is 5.61. The van der Waals surface area contributed by atoms with Crippen LogP contribution in [0, 0.1) is 0 Å². The van der Waals surface area contributed by atoms with Crippen LogP contribution in [0.4, 0.5) is 13.6 Å². The molecule has 0 bridgehead atoms. The van der Waals surface area contributed by atoms with Gasteiger partial charge in [0.25, 0.3) is 0 Å². The Morgan fingerprint density at radius 2 is 1.73 bits per heavy atom. The third-order valence-corrected chi connectivity index (χ3v) is 3.81. The van der Waals surface area contributed by atoms with Crippen molar-refractivity contribution in [2.75, 3.05) is 7.11 Å². The predicted octanol–water partition coefficient (Wildman–Crippen LogP) is 3.99. The molecule has 0 aliphatic rings. The lowest BCUT2D eigenvalue weighted by Gasteiger charge is -2.16. The molecule has 2 aromatic carbocycles. The molecule has 0 aliphatic heterocycles. The Hall–Kier alpha value is -2.67. The molecule has 0 fully saturated rings. The Morgan fingerprint density at radius 1 is 1.08 bits per heavy atom. The van der Waals surface area contributed by atoms with Gasteiger partial charge in [0.1, 0.15) is 5.75 Å². The van der Waals surface area contributed by atoms with Crippen molar-refractivity contribution in [1.82, 2.24) is 10.6 Å². The number of benzene rings is 2. The molecule has 7 heteroatoms. The molecule has 140 valence electrons. The van der Waals surface area contributed by atoms with E-state index in [-0.39, 0.29) is 17.8 Å². The minimum absolute atomic E-state index is 0.0788. The molecule has 0 saturated heterocycles. The third-order valence-electron chi connectivity index (χ3n) is 3.81. The molecule has 2 amide bonds. The number of carbonyl (C=O) groups is 1. The van der Waals surface area contributed by atoms with Gasteiger partial charge >= 0.3 is 12.6 Å². The van der Waals surface area contributed by atoms with Gasteiger partial charge < -0.3 is 20.1 Å². The quantitative estimate of drug-likeness (QED) is 0.744. The van der Waals surface area contributed by atoms with Crippen LogP contribution in [-0.4, -0.2) is 19.8 Å². The van der Waals surface area contributed by atoms with Crippen molar-refractivity contribution in [3.8, 4) is 5.75 Å². The highest BCUT2D eigenvalue weighted by atomic mass is 19.3. The molecule has 0 radical (unpaired) electrons. The Balaban J connectivity index is 1.87. The summed E-state index contributed by atoms with van der Waals surface area (Å²) in [5.74, 6) is 0.0788. The second-order valence-corrected chi connectivity index (χ2v) is 5.70. The van der Waals surface area contributed by atoms with E-state index in [1.807, 2.05) is 24.3 Å². The van der Waals surface area contributed by atoms with Crippen molar-refractivity contribution >= 4 is 6.03 Å². The molecule has 1 unspecified atom stereocenters. The fourth-order valence-corrected chi connectivity index (χ4v) is 2.47. The van der Waals surface area contributed by atoms with E-state index >= 15 is 0 Å². The number of halogens is 2. The molecular formula is C19H22F2N2O3. The predicted molar refractivity (Wildman–Crippen MR) is 94.0 cm³/mol. The van der Waals surface area contributed by atoms with E-state index in [1.54, 1.807) is 26.2 Å². The standard InChI is InChI=1S/C19H22F2N2O3/c1-13(14-7-9-17(10-8-14)26-18(20)21)23-19(24)22-11-15-5-3-4-6-16(15)12-25-2/h3-10,13,18H,11-12H2,1-2H3,(H2,22,23,24). The van der Waals surface area contributed by atoms with E-state index in [0.29, 0.717) is 13.2 Å². The molecule has 2 N–H and O–H groups in total. The summed E-state index contributed by atoms with van der Waals surface area (Å²) in [6, 6.07) is 13.2. The van der Waals surface area contributed by atoms with E-state index in [9.17, 15) is 13.6 Å². The van der Waals surface area contributed by atoms with Gasteiger partial charge in [0.2, 0.25) is 0 Å². The van der Waals surface area contributed by atoms with Crippen LogP contribution >= 0.6 is 0 Å². The van der Waals surface area contributed by atoms with Gasteiger partial charge in [-0.1, -0.05) is 36.4 Å². The fourth-order valence-electron chi connectivity index (χ4n) is 2.47. The first-order valence-electron chi connectivity index (χ1n) is 8.14. The maximum atomic E-state index is 12.2. The first kappa shape index (κ1) is 19.7. The van der Waals surface area contributed by atoms with Crippen molar-refractivity contribution < 1.29 is 23.0 Å². The number of nitrogens with one attached hydrogen (secondary N) is 2. The highest BCUT2D eigenvalue weighted by Gasteiger charge is 2.11. The molecule has 26 heavy (non-hydrogen) atoms. The lowest BCUT2D eigenvalue weighted by atomic mass is 10.1. The van der Waals surface area contributed by atoms with Gasteiger partial charge in [-0.2, -0.15) is 8.78 Å². The van der Waals surface area contributed by atoms with Gasteiger partial charge in [0.05, 0.1) is 12.6 Å². The average molecular weight is 364 g/mol. The van der Waals surface area contributed by atoms with E-state index in [1.165, 1.54) is 12.1 Å². The van der Waals surface area contributed by atoms with E-state index in [4.69, 9.17) is 4.74 Å². The summed E-state index contributed by atoms with van der Waals surface area (Å²) in [6.07, 6.45) is 0. The molecule has 5 nitrogen and oxygen atoms in total. The van der Waals surface area contributed by atoms with Crippen LogP contribution < -0.4 is 15.4 Å². The number of hydrogen-bond acceptors (Lipinski definition) is 3. The lowest BCUT2D eigenvalue weighted by molar-refractivity contribution is -0.0498. The van der Waals surface area contributed by atoms with Crippen molar-refractivity contribution in [2.24, 2.45) is 0 Å². The molecule has 0 heterocycles. The van der Waals surface area contributed by atoms with Gasteiger partial charge in [-0.05, 0) is 35.7 Å². The Labute approximate surface area is 151 Å². The first-order chi connectivity index (χ1) is 12.5. The Morgan fingerprint density at radius 3 is 2.35 bits per heavy atom. The van der Waals surface area contributed by atoms with Crippen LogP contribution in [-0.2, 0) is 17.9 Å². The molecular weight excluding hydrogens is 342 g/mol. The number of ether oxygens (including phenoxy) is 2. The van der Waals surface area contributed by atoms with Gasteiger partial charge in [-0.25, -0.2) is 4.79 Å². The molecule has 0 aliphatic carbocycles. The monoisotopic (exact) mass is 364 g/mol. The minimum Gasteiger partial charge on any atom is -0.435 e. The summed E-state index contributed by atoms with van der Waals surface area (Å²) in [5.41, 5.74) is 2.77. The lowest BCUT2D eigenvalue weighted by Crippen LogP contribution is -2.36. The largest absolute Gasteiger partial charge is 0.435 e. The van der Waals surface area contributed by atoms with Crippen molar-refractivity contribution in [3.05, 3.63) is 65.2 Å². The van der Waals surface area contributed by atoms with Crippen molar-refractivity contribution in [1.29, 1.82) is 0 Å². The fraction of sp³-hybridized carbons (Fsp3) is 0.316. The van der Waals surface area contributed by atoms with Crippen LogP contribution in [0.15, 0.2) is 48.5 Å². The number of methoxy groups -OCH3 is 1. The Kier molecular flexibility index (Phi) is 7.35. The maximum Gasteiger partial charge on any atom is 0.387 e. The molecule has 2 aromatic rings. The van der Waals surface area contributed by atoms with Crippen LogP contribution in [0.25, 0.3) is 0 Å². The number of urea groups is 1. The first-order valence-corrected chi connectivity index (χ1v) is 8.14. The summed E-state index contributed by atoms with van der Waals surface area (Å²) >= 11 is 0. The molecule has 2 rings (SSSR count). The highest BCUT2D eigenvalue weighted by molar-refractivity contribution is 5.74. The van der Waals surface area contributed by atoms with Gasteiger partial charge in [0, 0.05) is 13.7 Å². The summed E-state index contributed by atoms with van der Waals surface area (Å²) in [6.45, 7) is -0.202. The topological polar surface area (TPSA) is 59.6 Å². The zero-order valence-electron chi connectivity index (χ0n) is 14.7. The van der Waals surface area contributed by atoms with E-state index in [0.717, 1.165) is 16.7 Å². The smallest absolute Gasteiger partial charge is 0.387 e. The van der Waals surface area contributed by atoms with Crippen molar-refractivity contribution in [2.45, 2.75) is 32.7 Å². The molecule has 1 atom stereocenters. The zero-order chi connectivity index (χ0) is 18.9. The number of rotatable bonds is 8. The minimum atomic E-state index is -2.86. The van der Waals surface area contributed by atoms with Crippen LogP contribution in [0.5, 0.6) is 5.75 Å². The number of hydrogen-bond donors (Lipinski definition) is 2. The molecule has 0 aromatic heterocycles. The van der Waals surface area contributed by atoms with Crippen molar-refractivity contribution in [3.63, 3.8) is 0 Å². The van der Waals surface area contributed by atoms with Crippen LogP contribution in [0.3, 0.4) is 0 Å². The van der Waals surface area contributed by atoms with E-state index in [2.05, 4.69) is 15.4 Å². The second-order valence-electron chi connectivity index (χ2n) is 5.70. The number of alkyl halides is 2. The maximum absolute atomic E-state index is 12.2. The third kappa shape index (κ3) is 6.00. The van der Waals surface area contributed by atoms with Gasteiger partial charge in [-0.15, -0.1) is 0 Å². The number of carbonyl (C=O) groups excluding carboxylic acids is 1. The Bertz CT molecular complexity index is 708. The summed E-state index contributed by atoms with van der Waals surface area (Å²) in [7, 11) is 1.62. The van der Waals surface area contributed by atoms with Gasteiger partial charge in [0.15, 0.2) is 0 Å². The highest BCUT2D eigenvalue weighted by Crippen LogP contribution is 2.19. The zero-order valence-corrected chi connectivity index (χ0v) is 14.7. The number of amides is 2. The van der Waals surface area contributed by atoms with E-state index < -0.39 is 6.61 Å². The molecule has 0 spiro atoms. The molecule has 0 saturated carbocycles. The van der Waals surface area contributed by atoms with Gasteiger partial charge in [-0.3, -0.25) is 0 Å². The SMILES string of the molecule is COCc1ccccc1CNC(=O)NC(C)c1ccc(OC(F)F)cc1. The van der Waals surface area contributed by atoms with Crippen LogP contribution in [0.1, 0.15) is 29.7 Å². The second kappa shape index (κ2) is 9.72. The average Bonchev–Trinajstić information content (AvgIpc) is 2.61. The van der Waals surface area contributed by atoms with Crippen LogP contribution in [0.2, 0.25) is 0 Å². The summed E-state index contributed by atoms with van der Waals surface area (Å²) < 4.78 is 33.8.